The van der Waals surface area contributed by atoms with Gasteiger partial charge in [-0.25, -0.2) is 0 Å². The Morgan fingerprint density at radius 2 is 2.10 bits per heavy atom. The molecular weight excluding hydrogens is 264 g/mol. The average Bonchev–Trinajstić information content (AvgIpc) is 2.52. The molecule has 0 aliphatic carbocycles. The van der Waals surface area contributed by atoms with Gasteiger partial charge in [0.05, 0.1) is 6.61 Å². The van der Waals surface area contributed by atoms with Crippen molar-refractivity contribution in [2.75, 3.05) is 19.7 Å². The molecule has 0 unspecified atom stereocenters. The van der Waals surface area contributed by atoms with Gasteiger partial charge < -0.3 is 15.4 Å². The average molecular weight is 288 g/mol. The Labute approximate surface area is 126 Å². The molecule has 1 saturated heterocycles. The van der Waals surface area contributed by atoms with E-state index in [-0.39, 0.29) is 11.9 Å². The number of hydrogen-bond donors (Lipinski definition) is 1. The number of nitrogens with zero attached hydrogens (tertiary/aromatic N) is 1. The molecule has 4 heteroatoms. The van der Waals surface area contributed by atoms with Crippen LogP contribution in [0.5, 0.6) is 5.75 Å². The second kappa shape index (κ2) is 7.84. The van der Waals surface area contributed by atoms with E-state index >= 15 is 0 Å². The molecule has 0 radical (unpaired) electrons. The number of hydrogen-bond acceptors (Lipinski definition) is 3. The number of para-hydroxylation sites is 1. The number of carbonyl (C=O) groups excluding carboxylic acids is 1. The molecule has 2 N–H and O–H groups in total. The van der Waals surface area contributed by atoms with Crippen LogP contribution in [-0.4, -0.2) is 36.5 Å². The second-order valence-corrected chi connectivity index (χ2v) is 5.38. The number of ether oxygens (including phenoxy) is 1. The fraction of sp³-hybridized carbons (Fsp3) is 0.471. The van der Waals surface area contributed by atoms with Gasteiger partial charge in [0.25, 0.3) is 0 Å². The number of benzene rings is 1. The molecule has 4 nitrogen and oxygen atoms in total. The minimum Gasteiger partial charge on any atom is -0.493 e. The van der Waals surface area contributed by atoms with Crippen LogP contribution in [0.3, 0.4) is 0 Å². The van der Waals surface area contributed by atoms with Crippen molar-refractivity contribution in [3.63, 3.8) is 0 Å². The van der Waals surface area contributed by atoms with Gasteiger partial charge in [-0.05, 0) is 31.4 Å². The summed E-state index contributed by atoms with van der Waals surface area (Å²) in [5, 5.41) is 0. The first-order valence-corrected chi connectivity index (χ1v) is 7.65. The van der Waals surface area contributed by atoms with Crippen molar-refractivity contribution in [1.82, 2.24) is 4.90 Å². The van der Waals surface area contributed by atoms with Gasteiger partial charge in [-0.2, -0.15) is 0 Å². The molecule has 0 spiro atoms. The molecule has 114 valence electrons. The van der Waals surface area contributed by atoms with Crippen molar-refractivity contribution in [1.29, 1.82) is 0 Å². The number of nitrogens with two attached hydrogens (primary N) is 1. The molecule has 0 aromatic heterocycles. The maximum absolute atomic E-state index is 12.2. The molecule has 1 amide bonds. The molecule has 0 bridgehead atoms. The number of rotatable bonds is 5. The lowest BCUT2D eigenvalue weighted by atomic mass is 10.1. The van der Waals surface area contributed by atoms with Crippen molar-refractivity contribution in [3.05, 3.63) is 35.9 Å². The smallest absolute Gasteiger partial charge is 0.246 e. The van der Waals surface area contributed by atoms with E-state index in [0.717, 1.165) is 43.7 Å². The van der Waals surface area contributed by atoms with Crippen molar-refractivity contribution in [2.24, 2.45) is 5.73 Å². The summed E-state index contributed by atoms with van der Waals surface area (Å²) in [4.78, 5) is 14.0. The third-order valence-corrected chi connectivity index (χ3v) is 3.64. The molecule has 21 heavy (non-hydrogen) atoms. The predicted molar refractivity (Wildman–Crippen MR) is 85.1 cm³/mol. The third-order valence-electron chi connectivity index (χ3n) is 3.64. The van der Waals surface area contributed by atoms with Crippen LogP contribution in [0.4, 0.5) is 0 Å². The number of likely N-dealkylation sites (tertiary alicyclic amines) is 1. The summed E-state index contributed by atoms with van der Waals surface area (Å²) in [5.74, 6) is 0.872. The van der Waals surface area contributed by atoms with Gasteiger partial charge in [0, 0.05) is 30.8 Å². The van der Waals surface area contributed by atoms with Crippen LogP contribution in [0, 0.1) is 0 Å². The van der Waals surface area contributed by atoms with Crippen LogP contribution in [0.1, 0.15) is 31.7 Å². The van der Waals surface area contributed by atoms with E-state index < -0.39 is 0 Å². The summed E-state index contributed by atoms with van der Waals surface area (Å²) >= 11 is 0. The summed E-state index contributed by atoms with van der Waals surface area (Å²) in [6.07, 6.45) is 6.20. The minimum atomic E-state index is 0.0483. The lowest BCUT2D eigenvalue weighted by molar-refractivity contribution is -0.126. The molecule has 1 aliphatic heterocycles. The highest BCUT2D eigenvalue weighted by Crippen LogP contribution is 2.20. The van der Waals surface area contributed by atoms with E-state index in [0.29, 0.717) is 6.61 Å². The van der Waals surface area contributed by atoms with Crippen LogP contribution in [-0.2, 0) is 4.79 Å². The number of carbonyl (C=O) groups is 1. The van der Waals surface area contributed by atoms with E-state index in [1.165, 1.54) is 0 Å². The molecule has 1 aliphatic rings. The molecule has 0 atom stereocenters. The van der Waals surface area contributed by atoms with Gasteiger partial charge in [-0.1, -0.05) is 25.1 Å². The van der Waals surface area contributed by atoms with Crippen molar-refractivity contribution in [2.45, 2.75) is 32.2 Å². The Morgan fingerprint density at radius 1 is 1.38 bits per heavy atom. The lowest BCUT2D eigenvalue weighted by Gasteiger charge is -2.29. The maximum atomic E-state index is 12.2. The first-order valence-electron chi connectivity index (χ1n) is 7.65. The molecule has 1 aromatic carbocycles. The van der Waals surface area contributed by atoms with E-state index in [1.54, 1.807) is 6.08 Å². The molecule has 2 rings (SSSR count). The Bertz CT molecular complexity index is 491. The zero-order valence-electron chi connectivity index (χ0n) is 12.6. The van der Waals surface area contributed by atoms with Gasteiger partial charge >= 0.3 is 0 Å². The highest BCUT2D eigenvalue weighted by Gasteiger charge is 2.18. The number of amides is 1. The molecule has 1 fully saturated rings. The van der Waals surface area contributed by atoms with Gasteiger partial charge in [-0.3, -0.25) is 4.79 Å². The van der Waals surface area contributed by atoms with E-state index in [9.17, 15) is 4.79 Å². The topological polar surface area (TPSA) is 55.6 Å². The second-order valence-electron chi connectivity index (χ2n) is 5.38. The van der Waals surface area contributed by atoms with Crippen molar-refractivity contribution >= 4 is 12.0 Å². The quantitative estimate of drug-likeness (QED) is 0.847. The summed E-state index contributed by atoms with van der Waals surface area (Å²) in [6, 6.07) is 8.01. The van der Waals surface area contributed by atoms with Crippen LogP contribution in [0.25, 0.3) is 6.08 Å². The SMILES string of the molecule is CCCOc1ccccc1/C=C/C(=O)N1CCC(N)CC1. The summed E-state index contributed by atoms with van der Waals surface area (Å²) in [7, 11) is 0. The van der Waals surface area contributed by atoms with Crippen LogP contribution < -0.4 is 10.5 Å². The largest absolute Gasteiger partial charge is 0.493 e. The molecular formula is C17H24N2O2. The van der Waals surface area contributed by atoms with Gasteiger partial charge in [0.2, 0.25) is 5.91 Å². The summed E-state index contributed by atoms with van der Waals surface area (Å²) in [5.41, 5.74) is 6.79. The zero-order chi connectivity index (χ0) is 15.1. The highest BCUT2D eigenvalue weighted by atomic mass is 16.5. The fourth-order valence-electron chi connectivity index (χ4n) is 2.35. The van der Waals surface area contributed by atoms with Gasteiger partial charge in [0.15, 0.2) is 0 Å². The Kier molecular flexibility index (Phi) is 5.81. The van der Waals surface area contributed by atoms with Crippen LogP contribution in [0.15, 0.2) is 30.3 Å². The summed E-state index contributed by atoms with van der Waals surface area (Å²) < 4.78 is 5.69. The molecule has 0 saturated carbocycles. The zero-order valence-corrected chi connectivity index (χ0v) is 12.6. The molecule has 1 heterocycles. The highest BCUT2D eigenvalue weighted by molar-refractivity contribution is 5.92. The number of piperidine rings is 1. The van der Waals surface area contributed by atoms with Crippen LogP contribution >= 0.6 is 0 Å². The Morgan fingerprint density at radius 3 is 2.81 bits per heavy atom. The van der Waals surface area contributed by atoms with Crippen molar-refractivity contribution < 1.29 is 9.53 Å². The van der Waals surface area contributed by atoms with Crippen LogP contribution in [0.2, 0.25) is 0 Å². The van der Waals surface area contributed by atoms with Gasteiger partial charge in [0.1, 0.15) is 5.75 Å². The Hall–Kier alpha value is -1.81. The summed E-state index contributed by atoms with van der Waals surface area (Å²) in [6.45, 7) is 4.25. The minimum absolute atomic E-state index is 0.0483. The first-order chi connectivity index (χ1) is 10.2. The normalized spacial score (nSPS) is 16.4. The molecule has 1 aromatic rings. The van der Waals surface area contributed by atoms with Crippen molar-refractivity contribution in [3.8, 4) is 5.75 Å². The van der Waals surface area contributed by atoms with E-state index in [4.69, 9.17) is 10.5 Å². The maximum Gasteiger partial charge on any atom is 0.246 e. The Balaban J connectivity index is 1.98. The third kappa shape index (κ3) is 4.60. The fourth-order valence-corrected chi connectivity index (χ4v) is 2.35. The van der Waals surface area contributed by atoms with Gasteiger partial charge in [-0.15, -0.1) is 0 Å². The van der Waals surface area contributed by atoms with E-state index in [2.05, 4.69) is 6.92 Å². The lowest BCUT2D eigenvalue weighted by Crippen LogP contribution is -2.42. The monoisotopic (exact) mass is 288 g/mol. The van der Waals surface area contributed by atoms with E-state index in [1.807, 2.05) is 35.2 Å². The standard InChI is InChI=1S/C17H24N2O2/c1-2-13-21-16-6-4-3-5-14(16)7-8-17(20)19-11-9-15(18)10-12-19/h3-8,15H,2,9-13,18H2,1H3/b8-7+. The predicted octanol–water partition coefficient (Wildman–Crippen LogP) is 2.44. The first kappa shape index (κ1) is 15.6.